The molecule has 6 heteroatoms. The molecule has 2 aliphatic carbocycles. The van der Waals surface area contributed by atoms with Crippen molar-refractivity contribution in [1.29, 1.82) is 0 Å². The van der Waals surface area contributed by atoms with Gasteiger partial charge < -0.3 is 10.4 Å². The number of aryl methyl sites for hydroxylation is 1. The summed E-state index contributed by atoms with van der Waals surface area (Å²) in [7, 11) is 0. The number of fused-ring (bicyclic) bond motifs is 1. The zero-order valence-electron chi connectivity index (χ0n) is 14.3. The predicted molar refractivity (Wildman–Crippen MR) is 90.9 cm³/mol. The van der Waals surface area contributed by atoms with E-state index in [0.29, 0.717) is 11.7 Å². The number of H-pyrrole nitrogens is 1. The van der Waals surface area contributed by atoms with Gasteiger partial charge in [0.2, 0.25) is 0 Å². The summed E-state index contributed by atoms with van der Waals surface area (Å²) in [6, 6.07) is 0.549. The van der Waals surface area contributed by atoms with Crippen LogP contribution in [-0.2, 0) is 12.8 Å². The van der Waals surface area contributed by atoms with Crippen LogP contribution in [0.15, 0.2) is 0 Å². The van der Waals surface area contributed by atoms with E-state index in [4.69, 9.17) is 0 Å². The third-order valence-electron chi connectivity index (χ3n) is 6.05. The van der Waals surface area contributed by atoms with Gasteiger partial charge >= 0.3 is 0 Å². The predicted octanol–water partition coefficient (Wildman–Crippen LogP) is 1.40. The third kappa shape index (κ3) is 3.09. The number of rotatable bonds is 3. The van der Waals surface area contributed by atoms with Gasteiger partial charge in [0.25, 0.3) is 5.91 Å². The van der Waals surface area contributed by atoms with Gasteiger partial charge in [-0.1, -0.05) is 12.8 Å². The van der Waals surface area contributed by atoms with Gasteiger partial charge in [0.1, 0.15) is 0 Å². The second-order valence-electron chi connectivity index (χ2n) is 7.59. The average Bonchev–Trinajstić information content (AvgIpc) is 3.19. The van der Waals surface area contributed by atoms with E-state index in [1.165, 1.54) is 6.42 Å². The molecule has 1 amide bonds. The van der Waals surface area contributed by atoms with Crippen LogP contribution in [0.25, 0.3) is 0 Å². The SMILES string of the molecule is O=C(NC1CCN(C2CCCCC2O)CC1)c1n[nH]c2c1CCC2. The van der Waals surface area contributed by atoms with Gasteiger partial charge in [0.05, 0.1) is 6.10 Å². The van der Waals surface area contributed by atoms with E-state index in [0.717, 1.165) is 75.7 Å². The Morgan fingerprint density at radius 2 is 1.92 bits per heavy atom. The van der Waals surface area contributed by atoms with E-state index in [1.54, 1.807) is 0 Å². The number of nitrogens with one attached hydrogen (secondary N) is 2. The molecule has 2 heterocycles. The van der Waals surface area contributed by atoms with E-state index in [1.807, 2.05) is 0 Å². The number of carbonyl (C=O) groups is 1. The van der Waals surface area contributed by atoms with Gasteiger partial charge in [-0.25, -0.2) is 0 Å². The van der Waals surface area contributed by atoms with Crippen molar-refractivity contribution in [2.24, 2.45) is 0 Å². The van der Waals surface area contributed by atoms with Crippen molar-refractivity contribution in [3.63, 3.8) is 0 Å². The summed E-state index contributed by atoms with van der Waals surface area (Å²) >= 11 is 0. The van der Waals surface area contributed by atoms with E-state index in [-0.39, 0.29) is 18.1 Å². The van der Waals surface area contributed by atoms with Crippen molar-refractivity contribution in [3.8, 4) is 0 Å². The zero-order chi connectivity index (χ0) is 16.5. The fourth-order valence-corrected chi connectivity index (χ4v) is 4.65. The van der Waals surface area contributed by atoms with E-state index in [2.05, 4.69) is 20.4 Å². The van der Waals surface area contributed by atoms with Crippen LogP contribution in [0.4, 0.5) is 0 Å². The Bertz CT molecular complexity index is 592. The summed E-state index contributed by atoms with van der Waals surface area (Å²) in [6.07, 6.45) is 9.26. The molecular formula is C18H28N4O2. The van der Waals surface area contributed by atoms with Crippen LogP contribution >= 0.6 is 0 Å². The molecule has 24 heavy (non-hydrogen) atoms. The summed E-state index contributed by atoms with van der Waals surface area (Å²) in [6.45, 7) is 1.93. The first-order valence-electron chi connectivity index (χ1n) is 9.51. The highest BCUT2D eigenvalue weighted by Crippen LogP contribution is 2.26. The average molecular weight is 332 g/mol. The number of carbonyl (C=O) groups excluding carboxylic acids is 1. The first-order chi connectivity index (χ1) is 11.7. The molecule has 1 aromatic rings. The lowest BCUT2D eigenvalue weighted by molar-refractivity contribution is 0.00726. The Labute approximate surface area is 143 Å². The number of nitrogens with zero attached hydrogens (tertiary/aromatic N) is 2. The van der Waals surface area contributed by atoms with Crippen molar-refractivity contribution < 1.29 is 9.90 Å². The van der Waals surface area contributed by atoms with Crippen molar-refractivity contribution in [2.45, 2.75) is 76.0 Å². The van der Waals surface area contributed by atoms with Gasteiger partial charge in [-0.2, -0.15) is 5.10 Å². The smallest absolute Gasteiger partial charge is 0.272 e. The standard InChI is InChI=1S/C18H28N4O2/c23-16-7-2-1-6-15(16)22-10-8-12(9-11-22)19-18(24)17-13-4-3-5-14(13)20-21-17/h12,15-16,23H,1-11H2,(H,19,24)(H,20,21). The van der Waals surface area contributed by atoms with E-state index >= 15 is 0 Å². The molecule has 132 valence electrons. The maximum absolute atomic E-state index is 12.5. The molecule has 3 aliphatic rings. The van der Waals surface area contributed by atoms with Gasteiger partial charge in [-0.15, -0.1) is 0 Å². The maximum Gasteiger partial charge on any atom is 0.272 e. The Balaban J connectivity index is 1.30. The van der Waals surface area contributed by atoms with Crippen LogP contribution in [-0.4, -0.2) is 57.4 Å². The highest BCUT2D eigenvalue weighted by Gasteiger charge is 2.32. The molecule has 2 atom stereocenters. The number of hydrogen-bond donors (Lipinski definition) is 3. The molecule has 0 bridgehead atoms. The van der Waals surface area contributed by atoms with Crippen LogP contribution in [0.3, 0.4) is 0 Å². The molecule has 1 saturated heterocycles. The van der Waals surface area contributed by atoms with Gasteiger partial charge in [-0.3, -0.25) is 14.8 Å². The summed E-state index contributed by atoms with van der Waals surface area (Å²) in [5.41, 5.74) is 2.86. The molecule has 0 radical (unpaired) electrons. The molecule has 2 unspecified atom stereocenters. The van der Waals surface area contributed by atoms with E-state index in [9.17, 15) is 9.90 Å². The van der Waals surface area contributed by atoms with Gasteiger partial charge in [0.15, 0.2) is 5.69 Å². The first-order valence-corrected chi connectivity index (χ1v) is 9.51. The largest absolute Gasteiger partial charge is 0.391 e. The summed E-state index contributed by atoms with van der Waals surface area (Å²) < 4.78 is 0. The number of likely N-dealkylation sites (tertiary alicyclic amines) is 1. The number of aromatic nitrogens is 2. The third-order valence-corrected chi connectivity index (χ3v) is 6.05. The van der Waals surface area contributed by atoms with Crippen molar-refractivity contribution in [2.75, 3.05) is 13.1 Å². The number of piperidine rings is 1. The van der Waals surface area contributed by atoms with Crippen LogP contribution < -0.4 is 5.32 Å². The molecule has 3 N–H and O–H groups in total. The summed E-state index contributed by atoms with van der Waals surface area (Å²) in [5.74, 6) is -0.0226. The molecule has 1 saturated carbocycles. The fraction of sp³-hybridized carbons (Fsp3) is 0.778. The van der Waals surface area contributed by atoms with Gasteiger partial charge in [-0.05, 0) is 44.9 Å². The second-order valence-corrected chi connectivity index (χ2v) is 7.59. The first kappa shape index (κ1) is 16.1. The highest BCUT2D eigenvalue weighted by molar-refractivity contribution is 5.94. The lowest BCUT2D eigenvalue weighted by Crippen LogP contribution is -2.52. The fourth-order valence-electron chi connectivity index (χ4n) is 4.65. The number of amides is 1. The normalized spacial score (nSPS) is 28.7. The van der Waals surface area contributed by atoms with Crippen molar-refractivity contribution in [3.05, 3.63) is 17.0 Å². The molecule has 0 aromatic carbocycles. The van der Waals surface area contributed by atoms with Crippen LogP contribution in [0.2, 0.25) is 0 Å². The molecular weight excluding hydrogens is 304 g/mol. The van der Waals surface area contributed by atoms with Crippen LogP contribution in [0, 0.1) is 0 Å². The minimum atomic E-state index is -0.170. The Kier molecular flexibility index (Phi) is 4.59. The molecule has 6 nitrogen and oxygen atoms in total. The highest BCUT2D eigenvalue weighted by atomic mass is 16.3. The number of hydrogen-bond acceptors (Lipinski definition) is 4. The Morgan fingerprint density at radius 3 is 2.71 bits per heavy atom. The lowest BCUT2D eigenvalue weighted by Gasteiger charge is -2.41. The second kappa shape index (κ2) is 6.84. The Hall–Kier alpha value is -1.40. The number of aromatic amines is 1. The Morgan fingerprint density at radius 1 is 1.12 bits per heavy atom. The molecule has 0 spiro atoms. The zero-order valence-corrected chi connectivity index (χ0v) is 14.3. The molecule has 4 rings (SSSR count). The van der Waals surface area contributed by atoms with Crippen LogP contribution in [0.5, 0.6) is 0 Å². The summed E-state index contributed by atoms with van der Waals surface area (Å²) in [5, 5.41) is 20.6. The van der Waals surface area contributed by atoms with Crippen LogP contribution in [0.1, 0.15) is 66.7 Å². The quantitative estimate of drug-likeness (QED) is 0.781. The van der Waals surface area contributed by atoms with Crippen molar-refractivity contribution in [1.82, 2.24) is 20.4 Å². The maximum atomic E-state index is 12.5. The van der Waals surface area contributed by atoms with E-state index < -0.39 is 0 Å². The lowest BCUT2D eigenvalue weighted by atomic mass is 9.89. The summed E-state index contributed by atoms with van der Waals surface area (Å²) in [4.78, 5) is 15.0. The molecule has 1 aliphatic heterocycles. The minimum Gasteiger partial charge on any atom is -0.391 e. The van der Waals surface area contributed by atoms with Crippen molar-refractivity contribution >= 4 is 5.91 Å². The molecule has 2 fully saturated rings. The number of aliphatic hydroxyl groups excluding tert-OH is 1. The minimum absolute atomic E-state index is 0.0226. The van der Waals surface area contributed by atoms with Gasteiger partial charge in [0, 0.05) is 36.4 Å². The monoisotopic (exact) mass is 332 g/mol. The number of aliphatic hydroxyl groups is 1. The topological polar surface area (TPSA) is 81.2 Å². The molecule has 1 aromatic heterocycles.